The fourth-order valence-electron chi connectivity index (χ4n) is 1.83. The third-order valence-electron chi connectivity index (χ3n) is 2.84. The molecule has 0 spiro atoms. The van der Waals surface area contributed by atoms with Crippen LogP contribution in [0.15, 0.2) is 0 Å². The summed E-state index contributed by atoms with van der Waals surface area (Å²) in [5.74, 6) is 0.353. The number of hydrogen-bond donors (Lipinski definition) is 0. The lowest BCUT2D eigenvalue weighted by molar-refractivity contribution is -0.114. The van der Waals surface area contributed by atoms with Crippen molar-refractivity contribution in [3.63, 3.8) is 0 Å². The van der Waals surface area contributed by atoms with Gasteiger partial charge in [0.2, 0.25) is 0 Å². The highest BCUT2D eigenvalue weighted by Crippen LogP contribution is 2.29. The molecule has 0 radical (unpaired) electrons. The van der Waals surface area contributed by atoms with Gasteiger partial charge in [-0.25, -0.2) is 8.42 Å². The van der Waals surface area contributed by atoms with Crippen molar-refractivity contribution in [3.8, 4) is 0 Å². The molecule has 1 heterocycles. The molecule has 1 atom stereocenters. The lowest BCUT2D eigenvalue weighted by atomic mass is 9.92. The Hall–Kier alpha value is -0.420. The van der Waals surface area contributed by atoms with Crippen LogP contribution < -0.4 is 0 Å². The van der Waals surface area contributed by atoms with Crippen molar-refractivity contribution in [2.45, 2.75) is 31.3 Å². The molecule has 1 unspecified atom stereocenters. The molecule has 5 heteroatoms. The smallest absolute Gasteiger partial charge is 0.150 e. The molecule has 0 N–H and O–H groups in total. The van der Waals surface area contributed by atoms with Crippen LogP contribution in [0.4, 0.5) is 0 Å². The first-order valence-electron chi connectivity index (χ1n) is 4.73. The van der Waals surface area contributed by atoms with E-state index in [9.17, 15) is 13.2 Å². The van der Waals surface area contributed by atoms with Gasteiger partial charge in [0, 0.05) is 13.5 Å². The normalized spacial score (nSPS) is 32.1. The largest absolute Gasteiger partial charge is 0.378 e. The first-order chi connectivity index (χ1) is 6.54. The summed E-state index contributed by atoms with van der Waals surface area (Å²) in [5, 5.41) is 0. The Kier molecular flexibility index (Phi) is 3.66. The average molecular weight is 220 g/mol. The Bertz CT molecular complexity index is 296. The Morgan fingerprint density at radius 1 is 1.36 bits per heavy atom. The van der Waals surface area contributed by atoms with Gasteiger partial charge in [0.25, 0.3) is 0 Å². The summed E-state index contributed by atoms with van der Waals surface area (Å²) in [4.78, 5) is 10.5. The lowest BCUT2D eigenvalue weighted by Crippen LogP contribution is -2.32. The number of carbonyl (C=O) groups excluding carboxylic acids is 1. The van der Waals surface area contributed by atoms with Crippen LogP contribution in [0.5, 0.6) is 0 Å². The van der Waals surface area contributed by atoms with Crippen molar-refractivity contribution >= 4 is 16.1 Å². The zero-order valence-corrected chi connectivity index (χ0v) is 9.18. The topological polar surface area (TPSA) is 60.4 Å². The fourth-order valence-corrected chi connectivity index (χ4v) is 3.30. The third kappa shape index (κ3) is 2.78. The minimum absolute atomic E-state index is 0.134. The minimum atomic E-state index is -2.91. The summed E-state index contributed by atoms with van der Waals surface area (Å²) in [6.07, 6.45) is 2.77. The maximum Gasteiger partial charge on any atom is 0.150 e. The fraction of sp³-hybridized carbons (Fsp3) is 0.889. The highest BCUT2D eigenvalue weighted by Gasteiger charge is 2.34. The van der Waals surface area contributed by atoms with E-state index in [2.05, 4.69) is 0 Å². The second kappa shape index (κ2) is 4.40. The van der Waals surface area contributed by atoms with Gasteiger partial charge in [-0.1, -0.05) is 0 Å². The third-order valence-corrected chi connectivity index (χ3v) is 4.58. The standard InChI is InChI=1S/C9H16O4S/c1-13-9(4-6-10)3-2-7-14(11,12)8-5-9/h6H,2-5,7-8H2,1H3. The summed E-state index contributed by atoms with van der Waals surface area (Å²) in [7, 11) is -1.37. The summed E-state index contributed by atoms with van der Waals surface area (Å²) in [6, 6.07) is 0. The molecule has 1 aliphatic heterocycles. The lowest BCUT2D eigenvalue weighted by Gasteiger charge is -2.28. The number of methoxy groups -OCH3 is 1. The van der Waals surface area contributed by atoms with Gasteiger partial charge in [-0.2, -0.15) is 0 Å². The number of hydrogen-bond acceptors (Lipinski definition) is 4. The molecule has 1 aliphatic rings. The van der Waals surface area contributed by atoms with Crippen molar-refractivity contribution in [3.05, 3.63) is 0 Å². The van der Waals surface area contributed by atoms with E-state index in [-0.39, 0.29) is 11.5 Å². The number of aldehydes is 1. The van der Waals surface area contributed by atoms with E-state index < -0.39 is 15.4 Å². The zero-order valence-electron chi connectivity index (χ0n) is 8.36. The van der Waals surface area contributed by atoms with Gasteiger partial charge in [0.15, 0.2) is 0 Å². The second-order valence-corrected chi connectivity index (χ2v) is 6.07. The van der Waals surface area contributed by atoms with Gasteiger partial charge in [0.05, 0.1) is 17.1 Å². The van der Waals surface area contributed by atoms with Crippen molar-refractivity contribution in [2.75, 3.05) is 18.6 Å². The molecular weight excluding hydrogens is 204 g/mol. The summed E-state index contributed by atoms with van der Waals surface area (Å²) < 4.78 is 28.0. The molecule has 82 valence electrons. The van der Waals surface area contributed by atoms with E-state index in [1.165, 1.54) is 0 Å². The van der Waals surface area contributed by atoms with Crippen molar-refractivity contribution < 1.29 is 17.9 Å². The van der Waals surface area contributed by atoms with Gasteiger partial charge >= 0.3 is 0 Å². The van der Waals surface area contributed by atoms with Gasteiger partial charge in [-0.05, 0) is 19.3 Å². The van der Waals surface area contributed by atoms with E-state index in [1.54, 1.807) is 7.11 Å². The predicted molar refractivity (Wildman–Crippen MR) is 52.9 cm³/mol. The number of carbonyl (C=O) groups is 1. The molecule has 0 aromatic rings. The maximum absolute atomic E-state index is 11.3. The van der Waals surface area contributed by atoms with Crippen molar-refractivity contribution in [2.24, 2.45) is 0 Å². The Morgan fingerprint density at radius 3 is 2.64 bits per heavy atom. The molecule has 0 bridgehead atoms. The number of sulfone groups is 1. The van der Waals surface area contributed by atoms with Crippen LogP contribution in [0.1, 0.15) is 25.7 Å². The first-order valence-corrected chi connectivity index (χ1v) is 6.55. The molecule has 4 nitrogen and oxygen atoms in total. The highest BCUT2D eigenvalue weighted by atomic mass is 32.2. The van der Waals surface area contributed by atoms with Gasteiger partial charge in [-0.15, -0.1) is 0 Å². The maximum atomic E-state index is 11.3. The number of ether oxygens (including phenoxy) is 1. The zero-order chi connectivity index (χ0) is 10.7. The summed E-state index contributed by atoms with van der Waals surface area (Å²) >= 11 is 0. The Morgan fingerprint density at radius 2 is 2.07 bits per heavy atom. The molecule has 1 rings (SSSR count). The Balaban J connectivity index is 2.76. The molecule has 0 aromatic carbocycles. The monoisotopic (exact) mass is 220 g/mol. The van der Waals surface area contributed by atoms with Crippen LogP contribution >= 0.6 is 0 Å². The molecule has 0 aliphatic carbocycles. The quantitative estimate of drug-likeness (QED) is 0.652. The average Bonchev–Trinajstić information content (AvgIpc) is 2.27. The van der Waals surface area contributed by atoms with Gasteiger partial charge in [0.1, 0.15) is 16.1 Å². The molecule has 0 saturated carbocycles. The Labute approximate surface area is 84.6 Å². The van der Waals surface area contributed by atoms with E-state index in [0.29, 0.717) is 25.7 Å². The van der Waals surface area contributed by atoms with E-state index in [0.717, 1.165) is 6.29 Å². The van der Waals surface area contributed by atoms with Crippen molar-refractivity contribution in [1.29, 1.82) is 0 Å². The van der Waals surface area contributed by atoms with Crippen LogP contribution in [0.2, 0.25) is 0 Å². The summed E-state index contributed by atoms with van der Waals surface area (Å²) in [6.45, 7) is 0. The molecular formula is C9H16O4S. The molecule has 0 amide bonds. The molecule has 14 heavy (non-hydrogen) atoms. The van der Waals surface area contributed by atoms with Crippen LogP contribution in [0, 0.1) is 0 Å². The minimum Gasteiger partial charge on any atom is -0.378 e. The van der Waals surface area contributed by atoms with E-state index in [4.69, 9.17) is 4.74 Å². The molecule has 1 fully saturated rings. The van der Waals surface area contributed by atoms with Crippen LogP contribution in [-0.4, -0.2) is 38.9 Å². The second-order valence-electron chi connectivity index (χ2n) is 3.76. The van der Waals surface area contributed by atoms with Gasteiger partial charge in [-0.3, -0.25) is 0 Å². The molecule has 1 saturated heterocycles. The van der Waals surface area contributed by atoms with E-state index in [1.807, 2.05) is 0 Å². The highest BCUT2D eigenvalue weighted by molar-refractivity contribution is 7.91. The van der Waals surface area contributed by atoms with Crippen LogP contribution in [0.3, 0.4) is 0 Å². The van der Waals surface area contributed by atoms with Crippen LogP contribution in [-0.2, 0) is 19.4 Å². The summed E-state index contributed by atoms with van der Waals surface area (Å²) in [5.41, 5.74) is -0.536. The van der Waals surface area contributed by atoms with Crippen molar-refractivity contribution in [1.82, 2.24) is 0 Å². The predicted octanol–water partition coefficient (Wildman–Crippen LogP) is 0.559. The first kappa shape index (κ1) is 11.7. The molecule has 0 aromatic heterocycles. The van der Waals surface area contributed by atoms with Gasteiger partial charge < -0.3 is 9.53 Å². The SMILES string of the molecule is COC1(CC=O)CCCS(=O)(=O)CC1. The van der Waals surface area contributed by atoms with E-state index >= 15 is 0 Å². The number of rotatable bonds is 3. The van der Waals surface area contributed by atoms with Crippen LogP contribution in [0.25, 0.3) is 0 Å².